The molecule has 32 heavy (non-hydrogen) atoms. The van der Waals surface area contributed by atoms with Crippen molar-refractivity contribution < 1.29 is 4.79 Å². The predicted octanol–water partition coefficient (Wildman–Crippen LogP) is 4.47. The number of nitrogens with one attached hydrogen (secondary N) is 1. The Morgan fingerprint density at radius 1 is 1.06 bits per heavy atom. The van der Waals surface area contributed by atoms with E-state index >= 15 is 0 Å². The SMILES string of the molecule is O=C(Cn1c(=O)n(-c2cccc(Cl)c2)c(=O)c2sc3ccccc3c21)NC1CCCCC1. The van der Waals surface area contributed by atoms with Gasteiger partial charge in [0, 0.05) is 21.2 Å². The van der Waals surface area contributed by atoms with Gasteiger partial charge in [-0.3, -0.25) is 14.2 Å². The molecule has 1 amide bonds. The predicted molar refractivity (Wildman–Crippen MR) is 129 cm³/mol. The minimum Gasteiger partial charge on any atom is -0.352 e. The Kier molecular flexibility index (Phi) is 5.61. The van der Waals surface area contributed by atoms with Gasteiger partial charge in [0.2, 0.25) is 5.91 Å². The zero-order valence-corrected chi connectivity index (χ0v) is 18.9. The molecule has 1 aliphatic rings. The highest BCUT2D eigenvalue weighted by atomic mass is 35.5. The minimum absolute atomic E-state index is 0.139. The number of thiophene rings is 1. The lowest BCUT2D eigenvalue weighted by molar-refractivity contribution is -0.122. The number of fused-ring (bicyclic) bond motifs is 3. The summed E-state index contributed by atoms with van der Waals surface area (Å²) in [4.78, 5) is 39.9. The molecule has 1 N–H and O–H groups in total. The molecule has 5 rings (SSSR count). The maximum atomic E-state index is 13.6. The van der Waals surface area contributed by atoms with Gasteiger partial charge in [0.05, 0.1) is 11.2 Å². The van der Waals surface area contributed by atoms with Gasteiger partial charge in [-0.15, -0.1) is 11.3 Å². The molecule has 0 atom stereocenters. The van der Waals surface area contributed by atoms with Gasteiger partial charge < -0.3 is 5.32 Å². The van der Waals surface area contributed by atoms with Crippen molar-refractivity contribution >= 4 is 49.1 Å². The van der Waals surface area contributed by atoms with Crippen molar-refractivity contribution in [3.05, 3.63) is 74.4 Å². The fraction of sp³-hybridized carbons (Fsp3) is 0.292. The average Bonchev–Trinajstić information content (AvgIpc) is 3.17. The number of halogens is 1. The van der Waals surface area contributed by atoms with Gasteiger partial charge in [-0.1, -0.05) is 55.1 Å². The molecule has 0 bridgehead atoms. The third kappa shape index (κ3) is 3.76. The van der Waals surface area contributed by atoms with Gasteiger partial charge in [0.1, 0.15) is 11.2 Å². The Hall–Kier alpha value is -2.90. The van der Waals surface area contributed by atoms with Gasteiger partial charge in [-0.25, -0.2) is 9.36 Å². The van der Waals surface area contributed by atoms with Crippen LogP contribution in [0.2, 0.25) is 5.02 Å². The monoisotopic (exact) mass is 467 g/mol. The summed E-state index contributed by atoms with van der Waals surface area (Å²) in [7, 11) is 0. The van der Waals surface area contributed by atoms with Crippen LogP contribution in [0.25, 0.3) is 26.0 Å². The summed E-state index contributed by atoms with van der Waals surface area (Å²) in [5.41, 5.74) is -0.0597. The molecule has 164 valence electrons. The smallest absolute Gasteiger partial charge is 0.336 e. The Labute approximate surface area is 193 Å². The molecule has 0 radical (unpaired) electrons. The Bertz CT molecular complexity index is 1450. The van der Waals surface area contributed by atoms with E-state index in [4.69, 9.17) is 11.6 Å². The number of amides is 1. The third-order valence-corrected chi connectivity index (χ3v) is 7.38. The van der Waals surface area contributed by atoms with E-state index < -0.39 is 11.2 Å². The van der Waals surface area contributed by atoms with Crippen LogP contribution in [-0.2, 0) is 11.3 Å². The van der Waals surface area contributed by atoms with Crippen LogP contribution < -0.4 is 16.6 Å². The number of benzene rings is 2. The summed E-state index contributed by atoms with van der Waals surface area (Å²) in [5, 5.41) is 4.30. The number of hydrogen-bond acceptors (Lipinski definition) is 4. The molecule has 0 saturated heterocycles. The van der Waals surface area contributed by atoms with Crippen LogP contribution in [0.4, 0.5) is 0 Å². The number of nitrogens with zero attached hydrogens (tertiary/aromatic N) is 2. The van der Waals surface area contributed by atoms with E-state index in [0.717, 1.165) is 40.3 Å². The highest BCUT2D eigenvalue weighted by molar-refractivity contribution is 7.25. The van der Waals surface area contributed by atoms with E-state index in [9.17, 15) is 14.4 Å². The van der Waals surface area contributed by atoms with Crippen LogP contribution in [0.1, 0.15) is 32.1 Å². The van der Waals surface area contributed by atoms with Gasteiger partial charge in [-0.05, 0) is 37.1 Å². The quantitative estimate of drug-likeness (QED) is 0.481. The third-order valence-electron chi connectivity index (χ3n) is 6.00. The molecule has 1 aliphatic carbocycles. The van der Waals surface area contributed by atoms with Crippen LogP contribution >= 0.6 is 22.9 Å². The topological polar surface area (TPSA) is 73.1 Å². The lowest BCUT2D eigenvalue weighted by Gasteiger charge is -2.23. The van der Waals surface area contributed by atoms with Crippen molar-refractivity contribution in [1.29, 1.82) is 0 Å². The Morgan fingerprint density at radius 3 is 2.62 bits per heavy atom. The first kappa shape index (κ1) is 21.0. The molecule has 2 aromatic heterocycles. The average molecular weight is 468 g/mol. The Morgan fingerprint density at radius 2 is 1.84 bits per heavy atom. The second-order valence-corrected chi connectivity index (χ2v) is 9.66. The van der Waals surface area contributed by atoms with Gasteiger partial charge in [-0.2, -0.15) is 0 Å². The van der Waals surface area contributed by atoms with Crippen molar-refractivity contribution in [2.75, 3.05) is 0 Å². The molecule has 1 saturated carbocycles. The molecule has 1 fully saturated rings. The second-order valence-electron chi connectivity index (χ2n) is 8.17. The largest absolute Gasteiger partial charge is 0.352 e. The first-order valence-corrected chi connectivity index (χ1v) is 11.9. The van der Waals surface area contributed by atoms with Crippen molar-refractivity contribution in [3.8, 4) is 5.69 Å². The standard InChI is InChI=1S/C24H22ClN3O3S/c25-15-7-6-10-17(13-15)28-23(30)22-21(18-11-4-5-12-19(18)32-22)27(24(28)31)14-20(29)26-16-8-2-1-3-9-16/h4-7,10-13,16H,1-3,8-9,14H2,(H,26,29). The summed E-state index contributed by atoms with van der Waals surface area (Å²) in [6, 6.07) is 14.3. The lowest BCUT2D eigenvalue weighted by Crippen LogP contribution is -2.43. The summed E-state index contributed by atoms with van der Waals surface area (Å²) in [6.07, 6.45) is 5.31. The number of rotatable bonds is 4. The van der Waals surface area contributed by atoms with E-state index in [1.54, 1.807) is 24.3 Å². The van der Waals surface area contributed by atoms with Gasteiger partial charge in [0.15, 0.2) is 0 Å². The van der Waals surface area contributed by atoms with Crippen molar-refractivity contribution in [1.82, 2.24) is 14.5 Å². The molecule has 6 nitrogen and oxygen atoms in total. The fourth-order valence-corrected chi connectivity index (χ4v) is 5.82. The van der Waals surface area contributed by atoms with Crippen LogP contribution in [0.5, 0.6) is 0 Å². The fourth-order valence-electron chi connectivity index (χ4n) is 4.50. The van der Waals surface area contributed by atoms with Crippen LogP contribution in [0.3, 0.4) is 0 Å². The highest BCUT2D eigenvalue weighted by Gasteiger charge is 2.22. The number of carbonyl (C=O) groups excluding carboxylic acids is 1. The van der Waals surface area contributed by atoms with Crippen LogP contribution in [0, 0.1) is 0 Å². The summed E-state index contributed by atoms with van der Waals surface area (Å²) < 4.78 is 3.87. The van der Waals surface area contributed by atoms with Crippen molar-refractivity contribution in [3.63, 3.8) is 0 Å². The number of hydrogen-bond donors (Lipinski definition) is 1. The first-order valence-electron chi connectivity index (χ1n) is 10.8. The van der Waals surface area contributed by atoms with E-state index in [1.165, 1.54) is 22.3 Å². The molecular formula is C24H22ClN3O3S. The molecule has 2 aromatic carbocycles. The molecule has 0 aliphatic heterocycles. The van der Waals surface area contributed by atoms with Crippen molar-refractivity contribution in [2.24, 2.45) is 0 Å². The van der Waals surface area contributed by atoms with Gasteiger partial charge in [0.25, 0.3) is 5.56 Å². The maximum absolute atomic E-state index is 13.6. The van der Waals surface area contributed by atoms with Crippen molar-refractivity contribution in [2.45, 2.75) is 44.7 Å². The van der Waals surface area contributed by atoms with Crippen LogP contribution in [0.15, 0.2) is 58.1 Å². The number of aromatic nitrogens is 2. The minimum atomic E-state index is -0.549. The van der Waals surface area contributed by atoms with E-state index in [0.29, 0.717) is 20.9 Å². The normalized spacial score (nSPS) is 14.8. The van der Waals surface area contributed by atoms with E-state index in [2.05, 4.69) is 5.32 Å². The summed E-state index contributed by atoms with van der Waals surface area (Å²) in [6.45, 7) is -0.145. The molecule has 0 spiro atoms. The maximum Gasteiger partial charge on any atom is 0.336 e. The first-order chi connectivity index (χ1) is 15.5. The summed E-state index contributed by atoms with van der Waals surface area (Å²) >= 11 is 7.46. The second kappa shape index (κ2) is 8.56. The molecule has 8 heteroatoms. The van der Waals surface area contributed by atoms with Crippen LogP contribution in [-0.4, -0.2) is 21.1 Å². The van der Waals surface area contributed by atoms with E-state index in [1.807, 2.05) is 24.3 Å². The molecule has 0 unspecified atom stereocenters. The zero-order valence-electron chi connectivity index (χ0n) is 17.3. The van der Waals surface area contributed by atoms with Gasteiger partial charge >= 0.3 is 5.69 Å². The zero-order chi connectivity index (χ0) is 22.2. The Balaban J connectivity index is 1.70. The highest BCUT2D eigenvalue weighted by Crippen LogP contribution is 2.31. The molecule has 2 heterocycles. The number of carbonyl (C=O) groups is 1. The molecule has 4 aromatic rings. The lowest BCUT2D eigenvalue weighted by atomic mass is 9.95. The molecular weight excluding hydrogens is 446 g/mol. The van der Waals surface area contributed by atoms with E-state index in [-0.39, 0.29) is 18.5 Å². The summed E-state index contributed by atoms with van der Waals surface area (Å²) in [5.74, 6) is -0.216.